The number of hydrogen-bond donors (Lipinski definition) is 1. The maximum atomic E-state index is 13.4. The van der Waals surface area contributed by atoms with Gasteiger partial charge in [-0.05, 0) is 29.5 Å². The lowest BCUT2D eigenvalue weighted by molar-refractivity contribution is -0.134. The molecular weight excluding hydrogens is 372 g/mol. The van der Waals surface area contributed by atoms with Crippen molar-refractivity contribution in [3.8, 4) is 11.1 Å². The van der Waals surface area contributed by atoms with Crippen molar-refractivity contribution in [2.24, 2.45) is 5.92 Å². The molecule has 1 aliphatic rings. The van der Waals surface area contributed by atoms with Gasteiger partial charge in [0.25, 0.3) is 0 Å². The van der Waals surface area contributed by atoms with Crippen LogP contribution in [0.4, 0.5) is 0 Å². The van der Waals surface area contributed by atoms with Crippen LogP contribution in [-0.2, 0) is 17.8 Å². The Morgan fingerprint density at radius 3 is 2.63 bits per heavy atom. The topological polar surface area (TPSA) is 52.2 Å². The van der Waals surface area contributed by atoms with Crippen LogP contribution in [0.15, 0.2) is 67.0 Å². The largest absolute Gasteiger partial charge is 0.348 e. The molecule has 0 bridgehead atoms. The lowest BCUT2D eigenvalue weighted by Crippen LogP contribution is -2.37. The Hall–Kier alpha value is -2.92. The Bertz CT molecular complexity index is 939. The van der Waals surface area contributed by atoms with Crippen LogP contribution in [-0.4, -0.2) is 51.9 Å². The van der Waals surface area contributed by atoms with Gasteiger partial charge in [0, 0.05) is 38.6 Å². The number of amides is 1. The highest BCUT2D eigenvalue weighted by molar-refractivity contribution is 5.80. The molecule has 1 amide bonds. The Balaban J connectivity index is 1.59. The Morgan fingerprint density at radius 1 is 1.07 bits per heavy atom. The first-order chi connectivity index (χ1) is 14.7. The third kappa shape index (κ3) is 4.79. The molecule has 4 rings (SSSR count). The van der Waals surface area contributed by atoms with Gasteiger partial charge in [0.15, 0.2) is 0 Å². The minimum absolute atomic E-state index is 0.0566. The lowest BCUT2D eigenvalue weighted by atomic mass is 9.91. The quantitative estimate of drug-likeness (QED) is 0.650. The zero-order chi connectivity index (χ0) is 20.8. The van der Waals surface area contributed by atoms with Crippen LogP contribution in [0.2, 0.25) is 0 Å². The molecule has 1 atom stereocenters. The molecule has 0 spiro atoms. The molecule has 1 aliphatic heterocycles. The third-order valence-electron chi connectivity index (χ3n) is 5.82. The highest BCUT2D eigenvalue weighted by Crippen LogP contribution is 2.27. The van der Waals surface area contributed by atoms with Gasteiger partial charge in [-0.25, -0.2) is 4.98 Å². The fourth-order valence-electron chi connectivity index (χ4n) is 4.36. The zero-order valence-electron chi connectivity index (χ0n) is 17.6. The van der Waals surface area contributed by atoms with E-state index in [0.717, 1.165) is 51.4 Å². The van der Waals surface area contributed by atoms with Gasteiger partial charge in [-0.3, -0.25) is 9.69 Å². The van der Waals surface area contributed by atoms with Gasteiger partial charge in [-0.15, -0.1) is 0 Å². The van der Waals surface area contributed by atoms with E-state index in [9.17, 15) is 4.79 Å². The standard InChI is InChI=1S/C25H30N4O/c1-2-14-29-16-15-28(19-24-26-12-13-27-24)18-22(25(29)30)17-21-10-6-7-11-23(21)20-8-4-3-5-9-20/h3-13,22H,2,14-19H2,1H3,(H,26,27)/t22-/m1/s1. The van der Waals surface area contributed by atoms with E-state index in [1.54, 1.807) is 6.20 Å². The fourth-order valence-corrected chi connectivity index (χ4v) is 4.36. The summed E-state index contributed by atoms with van der Waals surface area (Å²) >= 11 is 0. The summed E-state index contributed by atoms with van der Waals surface area (Å²) in [6.07, 6.45) is 5.38. The third-order valence-corrected chi connectivity index (χ3v) is 5.82. The van der Waals surface area contributed by atoms with Crippen LogP contribution >= 0.6 is 0 Å². The van der Waals surface area contributed by atoms with Crippen LogP contribution in [0.25, 0.3) is 11.1 Å². The van der Waals surface area contributed by atoms with Gasteiger partial charge in [-0.2, -0.15) is 0 Å². The van der Waals surface area contributed by atoms with Crippen molar-refractivity contribution in [1.82, 2.24) is 19.8 Å². The molecular formula is C25H30N4O. The first-order valence-electron chi connectivity index (χ1n) is 10.9. The van der Waals surface area contributed by atoms with Crippen molar-refractivity contribution < 1.29 is 4.79 Å². The summed E-state index contributed by atoms with van der Waals surface area (Å²) in [4.78, 5) is 25.4. The molecule has 0 radical (unpaired) electrons. The number of aromatic amines is 1. The molecule has 0 unspecified atom stereocenters. The maximum absolute atomic E-state index is 13.4. The Labute approximate surface area is 178 Å². The summed E-state index contributed by atoms with van der Waals surface area (Å²) in [5, 5.41) is 0. The minimum atomic E-state index is -0.0566. The van der Waals surface area contributed by atoms with Crippen LogP contribution in [0, 0.1) is 5.92 Å². The highest BCUT2D eigenvalue weighted by atomic mass is 16.2. The number of hydrogen-bond acceptors (Lipinski definition) is 3. The van der Waals surface area contributed by atoms with Crippen molar-refractivity contribution in [2.75, 3.05) is 26.2 Å². The average Bonchev–Trinajstić information content (AvgIpc) is 3.24. The van der Waals surface area contributed by atoms with Crippen LogP contribution in [0.5, 0.6) is 0 Å². The van der Waals surface area contributed by atoms with E-state index in [2.05, 4.69) is 75.2 Å². The monoisotopic (exact) mass is 402 g/mol. The van der Waals surface area contributed by atoms with Crippen molar-refractivity contribution in [2.45, 2.75) is 26.3 Å². The van der Waals surface area contributed by atoms with Gasteiger partial charge in [-0.1, -0.05) is 61.5 Å². The summed E-state index contributed by atoms with van der Waals surface area (Å²) in [5.74, 6) is 1.18. The molecule has 1 aromatic heterocycles. The number of imidazole rings is 1. The highest BCUT2D eigenvalue weighted by Gasteiger charge is 2.30. The van der Waals surface area contributed by atoms with E-state index in [4.69, 9.17) is 0 Å². The molecule has 1 N–H and O–H groups in total. The number of nitrogens with zero attached hydrogens (tertiary/aromatic N) is 3. The second-order valence-corrected chi connectivity index (χ2v) is 8.02. The normalized spacial score (nSPS) is 17.8. The molecule has 3 aromatic rings. The van der Waals surface area contributed by atoms with Gasteiger partial charge < -0.3 is 9.88 Å². The number of aromatic nitrogens is 2. The molecule has 2 aromatic carbocycles. The van der Waals surface area contributed by atoms with Gasteiger partial charge in [0.1, 0.15) is 5.82 Å². The predicted molar refractivity (Wildman–Crippen MR) is 120 cm³/mol. The second kappa shape index (κ2) is 9.72. The maximum Gasteiger partial charge on any atom is 0.227 e. The van der Waals surface area contributed by atoms with Gasteiger partial charge in [0.05, 0.1) is 12.5 Å². The van der Waals surface area contributed by atoms with Crippen molar-refractivity contribution in [1.29, 1.82) is 0 Å². The number of H-pyrrole nitrogens is 1. The summed E-state index contributed by atoms with van der Waals surface area (Å²) in [6.45, 7) is 6.12. The molecule has 156 valence electrons. The molecule has 30 heavy (non-hydrogen) atoms. The van der Waals surface area contributed by atoms with E-state index >= 15 is 0 Å². The van der Waals surface area contributed by atoms with E-state index < -0.39 is 0 Å². The van der Waals surface area contributed by atoms with Crippen molar-refractivity contribution in [3.63, 3.8) is 0 Å². The summed E-state index contributed by atoms with van der Waals surface area (Å²) in [5.41, 5.74) is 3.65. The minimum Gasteiger partial charge on any atom is -0.348 e. The fraction of sp³-hybridized carbons (Fsp3) is 0.360. The van der Waals surface area contributed by atoms with Crippen LogP contribution in [0.3, 0.4) is 0 Å². The average molecular weight is 403 g/mol. The van der Waals surface area contributed by atoms with Gasteiger partial charge in [0.2, 0.25) is 5.91 Å². The van der Waals surface area contributed by atoms with E-state index in [-0.39, 0.29) is 11.8 Å². The number of rotatable bonds is 7. The number of nitrogens with one attached hydrogen (secondary N) is 1. The smallest absolute Gasteiger partial charge is 0.227 e. The Kier molecular flexibility index (Phi) is 6.60. The molecule has 2 heterocycles. The molecule has 0 saturated carbocycles. The summed E-state index contributed by atoms with van der Waals surface area (Å²) < 4.78 is 0. The van der Waals surface area contributed by atoms with Crippen LogP contribution in [0.1, 0.15) is 24.7 Å². The van der Waals surface area contributed by atoms with Crippen molar-refractivity contribution in [3.05, 3.63) is 78.4 Å². The van der Waals surface area contributed by atoms with Crippen molar-refractivity contribution >= 4 is 5.91 Å². The summed E-state index contributed by atoms with van der Waals surface area (Å²) in [7, 11) is 0. The first-order valence-corrected chi connectivity index (χ1v) is 10.9. The van der Waals surface area contributed by atoms with Gasteiger partial charge >= 0.3 is 0 Å². The molecule has 5 nitrogen and oxygen atoms in total. The molecule has 0 aliphatic carbocycles. The number of carbonyl (C=O) groups excluding carboxylic acids is 1. The van der Waals surface area contributed by atoms with E-state index in [1.165, 1.54) is 16.7 Å². The summed E-state index contributed by atoms with van der Waals surface area (Å²) in [6, 6.07) is 18.9. The van der Waals surface area contributed by atoms with E-state index in [1.807, 2.05) is 12.3 Å². The molecule has 5 heteroatoms. The zero-order valence-corrected chi connectivity index (χ0v) is 17.6. The Morgan fingerprint density at radius 2 is 1.87 bits per heavy atom. The van der Waals surface area contributed by atoms with E-state index in [0.29, 0.717) is 0 Å². The first kappa shape index (κ1) is 20.4. The molecule has 1 fully saturated rings. The second-order valence-electron chi connectivity index (χ2n) is 8.02. The molecule has 1 saturated heterocycles. The predicted octanol–water partition coefficient (Wildman–Crippen LogP) is 3.99. The number of benzene rings is 2. The lowest BCUT2D eigenvalue weighted by Gasteiger charge is -2.24. The number of carbonyl (C=O) groups is 1. The van der Waals surface area contributed by atoms with Crippen LogP contribution < -0.4 is 0 Å². The SMILES string of the molecule is CCCN1CCN(Cc2ncc[nH]2)C[C@@H](Cc2ccccc2-c2ccccc2)C1=O.